The van der Waals surface area contributed by atoms with E-state index in [1.54, 1.807) is 30.3 Å². The zero-order valence-corrected chi connectivity index (χ0v) is 9.08. The first-order valence-electron chi connectivity index (χ1n) is 4.98. The number of ether oxygens (including phenoxy) is 1. The first kappa shape index (κ1) is 11.6. The van der Waals surface area contributed by atoms with Crippen molar-refractivity contribution in [2.45, 2.75) is 0 Å². The van der Waals surface area contributed by atoms with Crippen molar-refractivity contribution in [3.8, 4) is 5.75 Å². The smallest absolute Gasteiger partial charge is 0.418 e. The van der Waals surface area contributed by atoms with Crippen LogP contribution < -0.4 is 10.1 Å². The van der Waals surface area contributed by atoms with Crippen molar-refractivity contribution in [1.29, 1.82) is 0 Å². The van der Waals surface area contributed by atoms with Crippen molar-refractivity contribution >= 4 is 17.9 Å². The number of benzene rings is 1. The summed E-state index contributed by atoms with van der Waals surface area (Å²) in [5, 5.41) is 16.8. The summed E-state index contributed by atoms with van der Waals surface area (Å²) in [5.74, 6) is -0.704. The van der Waals surface area contributed by atoms with E-state index in [-0.39, 0.29) is 11.5 Å². The molecule has 0 aliphatic carbocycles. The van der Waals surface area contributed by atoms with Crippen LogP contribution in [0.4, 0.5) is 10.6 Å². The van der Waals surface area contributed by atoms with Crippen molar-refractivity contribution in [3.05, 3.63) is 42.1 Å². The number of carbonyl (C=O) groups is 2. The summed E-state index contributed by atoms with van der Waals surface area (Å²) >= 11 is 0. The normalized spacial score (nSPS) is 9.78. The fourth-order valence-electron chi connectivity index (χ4n) is 1.22. The van der Waals surface area contributed by atoms with Crippen LogP contribution in [0.1, 0.15) is 10.5 Å². The number of H-pyrrole nitrogens is 1. The molecule has 18 heavy (non-hydrogen) atoms. The molecule has 1 aromatic heterocycles. The third kappa shape index (κ3) is 2.85. The van der Waals surface area contributed by atoms with Crippen LogP contribution in [0.2, 0.25) is 0 Å². The van der Waals surface area contributed by atoms with Gasteiger partial charge in [0.2, 0.25) is 0 Å². The molecule has 0 spiro atoms. The van der Waals surface area contributed by atoms with Gasteiger partial charge >= 0.3 is 12.1 Å². The van der Waals surface area contributed by atoms with Gasteiger partial charge in [0.25, 0.3) is 0 Å². The highest BCUT2D eigenvalue weighted by Crippen LogP contribution is 2.10. The predicted molar refractivity (Wildman–Crippen MR) is 61.6 cm³/mol. The van der Waals surface area contributed by atoms with E-state index in [0.717, 1.165) is 0 Å². The number of carbonyl (C=O) groups excluding carboxylic acids is 1. The molecule has 0 aliphatic rings. The van der Waals surface area contributed by atoms with Gasteiger partial charge in [0.05, 0.1) is 0 Å². The number of aromatic amines is 1. The first-order valence-corrected chi connectivity index (χ1v) is 4.98. The number of carboxylic acids is 1. The van der Waals surface area contributed by atoms with Crippen LogP contribution >= 0.6 is 0 Å². The van der Waals surface area contributed by atoms with Gasteiger partial charge in [0.1, 0.15) is 11.4 Å². The number of carboxylic acid groups (broad SMARTS) is 1. The minimum atomic E-state index is -1.16. The highest BCUT2D eigenvalue weighted by Gasteiger charge is 2.11. The van der Waals surface area contributed by atoms with Gasteiger partial charge in [-0.05, 0) is 12.1 Å². The molecular formula is C11H9N3O4. The molecule has 0 radical (unpaired) electrons. The lowest BCUT2D eigenvalue weighted by atomic mass is 10.3. The van der Waals surface area contributed by atoms with Crippen molar-refractivity contribution in [2.24, 2.45) is 0 Å². The Morgan fingerprint density at radius 2 is 2.00 bits per heavy atom. The Labute approximate surface area is 101 Å². The van der Waals surface area contributed by atoms with Crippen LogP contribution in [-0.2, 0) is 0 Å². The van der Waals surface area contributed by atoms with Gasteiger partial charge in [-0.3, -0.25) is 10.4 Å². The fourth-order valence-corrected chi connectivity index (χ4v) is 1.22. The molecule has 2 aromatic rings. The molecule has 0 bridgehead atoms. The van der Waals surface area contributed by atoms with Crippen LogP contribution in [0.15, 0.2) is 36.4 Å². The highest BCUT2D eigenvalue weighted by atomic mass is 16.6. The van der Waals surface area contributed by atoms with E-state index in [4.69, 9.17) is 9.84 Å². The fraction of sp³-hybridized carbons (Fsp3) is 0. The quantitative estimate of drug-likeness (QED) is 0.765. The number of hydrogen-bond donors (Lipinski definition) is 3. The number of nitrogens with one attached hydrogen (secondary N) is 2. The molecule has 0 fully saturated rings. The second-order valence-electron chi connectivity index (χ2n) is 3.30. The van der Waals surface area contributed by atoms with E-state index in [1.807, 2.05) is 0 Å². The number of nitrogens with zero attached hydrogens (tertiary/aromatic N) is 1. The Morgan fingerprint density at radius 3 is 2.61 bits per heavy atom. The average molecular weight is 247 g/mol. The molecular weight excluding hydrogens is 238 g/mol. The Kier molecular flexibility index (Phi) is 3.24. The molecule has 2 rings (SSSR count). The van der Waals surface area contributed by atoms with Crippen LogP contribution in [0.5, 0.6) is 5.75 Å². The zero-order chi connectivity index (χ0) is 13.0. The summed E-state index contributed by atoms with van der Waals surface area (Å²) in [4.78, 5) is 22.0. The van der Waals surface area contributed by atoms with Gasteiger partial charge in [-0.25, -0.2) is 9.59 Å². The summed E-state index contributed by atoms with van der Waals surface area (Å²) in [5.41, 5.74) is -0.120. The lowest BCUT2D eigenvalue weighted by Crippen LogP contribution is -2.16. The van der Waals surface area contributed by atoms with Gasteiger partial charge in [0, 0.05) is 6.07 Å². The number of para-hydroxylation sites is 1. The van der Waals surface area contributed by atoms with Crippen molar-refractivity contribution in [3.63, 3.8) is 0 Å². The topological polar surface area (TPSA) is 104 Å². The van der Waals surface area contributed by atoms with E-state index in [0.29, 0.717) is 5.75 Å². The van der Waals surface area contributed by atoms with Gasteiger partial charge < -0.3 is 9.84 Å². The minimum absolute atomic E-state index is 0.0772. The zero-order valence-electron chi connectivity index (χ0n) is 9.08. The first-order chi connectivity index (χ1) is 8.65. The van der Waals surface area contributed by atoms with Crippen LogP contribution in [0.25, 0.3) is 0 Å². The van der Waals surface area contributed by atoms with Gasteiger partial charge in [-0.15, -0.1) is 0 Å². The summed E-state index contributed by atoms with van der Waals surface area (Å²) < 4.78 is 4.94. The standard InChI is InChI=1S/C11H9N3O4/c15-10(16)8-6-9(14-13-8)12-11(17)18-7-4-2-1-3-5-7/h1-6H,(H,15,16)(H2,12,13,14,17). The molecule has 3 N–H and O–H groups in total. The Morgan fingerprint density at radius 1 is 1.28 bits per heavy atom. The third-order valence-corrected chi connectivity index (χ3v) is 1.99. The maximum Gasteiger partial charge on any atom is 0.418 e. The van der Waals surface area contributed by atoms with Crippen molar-refractivity contribution < 1.29 is 19.4 Å². The second kappa shape index (κ2) is 5.00. The largest absolute Gasteiger partial charge is 0.477 e. The van der Waals surface area contributed by atoms with Crippen LogP contribution in [0, 0.1) is 0 Å². The Bertz CT molecular complexity index is 565. The second-order valence-corrected chi connectivity index (χ2v) is 3.30. The minimum Gasteiger partial charge on any atom is -0.477 e. The number of aromatic carboxylic acids is 1. The van der Waals surface area contributed by atoms with E-state index in [2.05, 4.69) is 15.5 Å². The number of aromatic nitrogens is 2. The lowest BCUT2D eigenvalue weighted by Gasteiger charge is -2.03. The number of hydrogen-bond acceptors (Lipinski definition) is 4. The summed E-state index contributed by atoms with van der Waals surface area (Å²) in [6.45, 7) is 0. The molecule has 7 heteroatoms. The number of amides is 1. The third-order valence-electron chi connectivity index (χ3n) is 1.99. The van der Waals surface area contributed by atoms with E-state index in [9.17, 15) is 9.59 Å². The van der Waals surface area contributed by atoms with Crippen molar-refractivity contribution in [2.75, 3.05) is 5.32 Å². The van der Waals surface area contributed by atoms with Crippen molar-refractivity contribution in [1.82, 2.24) is 10.2 Å². The number of anilines is 1. The molecule has 1 amide bonds. The molecule has 0 unspecified atom stereocenters. The monoisotopic (exact) mass is 247 g/mol. The lowest BCUT2D eigenvalue weighted by molar-refractivity contribution is 0.0690. The molecule has 1 aromatic carbocycles. The predicted octanol–water partition coefficient (Wildman–Crippen LogP) is 1.72. The molecule has 0 aliphatic heterocycles. The average Bonchev–Trinajstić information content (AvgIpc) is 2.78. The summed E-state index contributed by atoms with van der Waals surface area (Å²) in [6, 6.07) is 9.66. The number of rotatable bonds is 3. The molecule has 92 valence electrons. The SMILES string of the molecule is O=C(Nc1cc(C(=O)O)[nH]n1)Oc1ccccc1. The van der Waals surface area contributed by atoms with E-state index >= 15 is 0 Å². The van der Waals surface area contributed by atoms with Gasteiger partial charge in [0.15, 0.2) is 5.82 Å². The summed E-state index contributed by atoms with van der Waals surface area (Å²) in [7, 11) is 0. The Balaban J connectivity index is 1.97. The molecule has 0 atom stereocenters. The van der Waals surface area contributed by atoms with Crippen LogP contribution in [0.3, 0.4) is 0 Å². The maximum absolute atomic E-state index is 11.4. The molecule has 7 nitrogen and oxygen atoms in total. The molecule has 0 saturated heterocycles. The Hall–Kier alpha value is -2.83. The maximum atomic E-state index is 11.4. The molecule has 0 saturated carbocycles. The molecule has 1 heterocycles. The van der Waals surface area contributed by atoms with E-state index < -0.39 is 12.1 Å². The highest BCUT2D eigenvalue weighted by molar-refractivity contribution is 5.89. The van der Waals surface area contributed by atoms with Crippen LogP contribution in [-0.4, -0.2) is 27.4 Å². The van der Waals surface area contributed by atoms with E-state index in [1.165, 1.54) is 6.07 Å². The van der Waals surface area contributed by atoms with Gasteiger partial charge in [-0.2, -0.15) is 5.10 Å². The van der Waals surface area contributed by atoms with Gasteiger partial charge in [-0.1, -0.05) is 18.2 Å². The summed E-state index contributed by atoms with van der Waals surface area (Å²) in [6.07, 6.45) is -0.746.